The fourth-order valence-corrected chi connectivity index (χ4v) is 3.10. The number of carbonyl (C=O) groups excluding carboxylic acids is 1. The lowest BCUT2D eigenvalue weighted by Gasteiger charge is -2.08. The number of hydrogen-bond acceptors (Lipinski definition) is 1. The Kier molecular flexibility index (Phi) is 3.93. The molecule has 1 aliphatic rings. The van der Waals surface area contributed by atoms with E-state index in [4.69, 9.17) is 0 Å². The van der Waals surface area contributed by atoms with Crippen molar-refractivity contribution in [2.45, 2.75) is 32.2 Å². The van der Waals surface area contributed by atoms with Gasteiger partial charge in [0.2, 0.25) is 0 Å². The van der Waals surface area contributed by atoms with Gasteiger partial charge < -0.3 is 4.57 Å². The van der Waals surface area contributed by atoms with Crippen LogP contribution in [0, 0.1) is 11.6 Å². The molecule has 0 saturated carbocycles. The number of benzene rings is 1. The van der Waals surface area contributed by atoms with E-state index in [0.717, 1.165) is 24.8 Å². The van der Waals surface area contributed by atoms with Crippen molar-refractivity contribution in [2.75, 3.05) is 0 Å². The van der Waals surface area contributed by atoms with Crippen LogP contribution in [-0.4, -0.2) is 10.4 Å². The number of carbonyl (C=O) groups is 1. The number of ketones is 1. The maximum Gasteiger partial charge on any atom is 0.164 e. The van der Waals surface area contributed by atoms with Gasteiger partial charge in [-0.2, -0.15) is 0 Å². The molecule has 0 bridgehead atoms. The summed E-state index contributed by atoms with van der Waals surface area (Å²) in [5.41, 5.74) is 1.68. The SMILES string of the molecule is O=C1CCCCc2cn(Cc3c(F)ccc(Br)c3F)cc21. The molecule has 0 N–H and O–H groups in total. The molecular formula is C16H14BrF2NO. The van der Waals surface area contributed by atoms with Crippen molar-refractivity contribution in [3.8, 4) is 0 Å². The summed E-state index contributed by atoms with van der Waals surface area (Å²) in [6, 6.07) is 2.59. The highest BCUT2D eigenvalue weighted by molar-refractivity contribution is 9.10. The molecule has 5 heteroatoms. The van der Waals surface area contributed by atoms with Gasteiger partial charge in [0, 0.05) is 29.9 Å². The van der Waals surface area contributed by atoms with Crippen molar-refractivity contribution in [2.24, 2.45) is 0 Å². The van der Waals surface area contributed by atoms with E-state index < -0.39 is 11.6 Å². The first kappa shape index (κ1) is 14.4. The summed E-state index contributed by atoms with van der Waals surface area (Å²) in [4.78, 5) is 12.0. The Morgan fingerprint density at radius 2 is 1.90 bits per heavy atom. The van der Waals surface area contributed by atoms with Gasteiger partial charge >= 0.3 is 0 Å². The molecule has 0 fully saturated rings. The van der Waals surface area contributed by atoms with Crippen LogP contribution in [0.4, 0.5) is 8.78 Å². The maximum atomic E-state index is 14.0. The number of nitrogens with zero attached hydrogens (tertiary/aromatic N) is 1. The summed E-state index contributed by atoms with van der Waals surface area (Å²) < 4.78 is 29.7. The first-order chi connectivity index (χ1) is 10.1. The third-order valence-corrected chi connectivity index (χ3v) is 4.45. The number of rotatable bonds is 2. The van der Waals surface area contributed by atoms with Gasteiger partial charge in [0.25, 0.3) is 0 Å². The van der Waals surface area contributed by atoms with Crippen molar-refractivity contribution < 1.29 is 13.6 Å². The lowest BCUT2D eigenvalue weighted by molar-refractivity contribution is 0.0982. The second kappa shape index (κ2) is 5.72. The molecular weight excluding hydrogens is 340 g/mol. The standard InChI is InChI=1S/C16H14BrF2NO/c17-13-5-6-14(18)12(16(13)19)9-20-7-10-3-1-2-4-15(21)11(10)8-20/h5-8H,1-4,9H2. The van der Waals surface area contributed by atoms with E-state index >= 15 is 0 Å². The van der Waals surface area contributed by atoms with Crippen LogP contribution < -0.4 is 0 Å². The van der Waals surface area contributed by atoms with E-state index in [1.54, 1.807) is 10.8 Å². The van der Waals surface area contributed by atoms with Gasteiger partial charge in [-0.3, -0.25) is 4.79 Å². The van der Waals surface area contributed by atoms with Gasteiger partial charge in [0.15, 0.2) is 5.78 Å². The van der Waals surface area contributed by atoms with Crippen LogP contribution in [0.2, 0.25) is 0 Å². The third kappa shape index (κ3) is 2.79. The summed E-state index contributed by atoms with van der Waals surface area (Å²) >= 11 is 3.07. The van der Waals surface area contributed by atoms with Gasteiger partial charge in [-0.15, -0.1) is 0 Å². The van der Waals surface area contributed by atoms with E-state index in [9.17, 15) is 13.6 Å². The van der Waals surface area contributed by atoms with Gasteiger partial charge in [0.1, 0.15) is 11.6 Å². The lowest BCUT2D eigenvalue weighted by Crippen LogP contribution is -2.04. The number of fused-ring (bicyclic) bond motifs is 1. The van der Waals surface area contributed by atoms with Crippen LogP contribution in [0.5, 0.6) is 0 Å². The molecule has 2 aromatic rings. The number of hydrogen-bond donors (Lipinski definition) is 0. The van der Waals surface area contributed by atoms with E-state index in [2.05, 4.69) is 15.9 Å². The van der Waals surface area contributed by atoms with Crippen molar-refractivity contribution in [3.63, 3.8) is 0 Å². The third-order valence-electron chi connectivity index (χ3n) is 3.84. The van der Waals surface area contributed by atoms with Crippen LogP contribution in [0.3, 0.4) is 0 Å². The van der Waals surface area contributed by atoms with Crippen LogP contribution in [0.1, 0.15) is 40.7 Å². The number of Topliss-reactive ketones (excluding diaryl/α,β-unsaturated/α-hetero) is 1. The summed E-state index contributed by atoms with van der Waals surface area (Å²) in [5.74, 6) is -1.05. The zero-order valence-corrected chi connectivity index (χ0v) is 12.9. The Morgan fingerprint density at radius 1 is 1.14 bits per heavy atom. The first-order valence-electron chi connectivity index (χ1n) is 6.90. The largest absolute Gasteiger partial charge is 0.349 e. The topological polar surface area (TPSA) is 22.0 Å². The molecule has 21 heavy (non-hydrogen) atoms. The quantitative estimate of drug-likeness (QED) is 0.576. The fraction of sp³-hybridized carbons (Fsp3) is 0.312. The summed E-state index contributed by atoms with van der Waals surface area (Å²) in [6.07, 6.45) is 6.82. The Morgan fingerprint density at radius 3 is 2.71 bits per heavy atom. The summed E-state index contributed by atoms with van der Waals surface area (Å²) in [6.45, 7) is 0.0807. The Hall–Kier alpha value is -1.49. The first-order valence-corrected chi connectivity index (χ1v) is 7.70. The lowest BCUT2D eigenvalue weighted by atomic mass is 10.1. The highest BCUT2D eigenvalue weighted by Gasteiger charge is 2.19. The van der Waals surface area contributed by atoms with Gasteiger partial charge in [-0.05, 0) is 52.9 Å². The molecule has 1 heterocycles. The second-order valence-corrected chi connectivity index (χ2v) is 6.18. The molecule has 0 unspecified atom stereocenters. The van der Waals surface area contributed by atoms with Crippen LogP contribution >= 0.6 is 15.9 Å². The summed E-state index contributed by atoms with van der Waals surface area (Å²) in [7, 11) is 0. The van der Waals surface area contributed by atoms with E-state index in [1.165, 1.54) is 12.1 Å². The molecule has 3 rings (SSSR count). The second-order valence-electron chi connectivity index (χ2n) is 5.32. The number of aryl methyl sites for hydroxylation is 1. The predicted molar refractivity (Wildman–Crippen MR) is 79.5 cm³/mol. The van der Waals surface area contributed by atoms with Crippen molar-refractivity contribution in [1.29, 1.82) is 0 Å². The van der Waals surface area contributed by atoms with Crippen LogP contribution in [-0.2, 0) is 13.0 Å². The number of halogens is 3. The Labute approximate surface area is 129 Å². The Bertz CT molecular complexity index is 709. The van der Waals surface area contributed by atoms with Gasteiger partial charge in [-0.1, -0.05) is 0 Å². The average Bonchev–Trinajstić information content (AvgIpc) is 2.79. The molecule has 0 saturated heterocycles. The predicted octanol–water partition coefficient (Wildman–Crippen LogP) is 4.49. The van der Waals surface area contributed by atoms with Crippen molar-refractivity contribution >= 4 is 21.7 Å². The van der Waals surface area contributed by atoms with Crippen LogP contribution in [0.25, 0.3) is 0 Å². The van der Waals surface area contributed by atoms with Crippen LogP contribution in [0.15, 0.2) is 29.0 Å². The molecule has 0 aliphatic heterocycles. The zero-order valence-electron chi connectivity index (χ0n) is 11.3. The molecule has 0 atom stereocenters. The number of aromatic nitrogens is 1. The normalized spacial score (nSPS) is 14.9. The summed E-state index contributed by atoms with van der Waals surface area (Å²) in [5, 5.41) is 0. The highest BCUT2D eigenvalue weighted by atomic mass is 79.9. The van der Waals surface area contributed by atoms with E-state index in [1.807, 2.05) is 6.20 Å². The van der Waals surface area contributed by atoms with Gasteiger partial charge in [0.05, 0.1) is 11.0 Å². The fourth-order valence-electron chi connectivity index (χ4n) is 2.73. The average molecular weight is 354 g/mol. The molecule has 0 radical (unpaired) electrons. The molecule has 0 spiro atoms. The highest BCUT2D eigenvalue weighted by Crippen LogP contribution is 2.25. The maximum absolute atomic E-state index is 14.0. The minimum Gasteiger partial charge on any atom is -0.349 e. The molecule has 0 amide bonds. The van der Waals surface area contributed by atoms with Gasteiger partial charge in [-0.25, -0.2) is 8.78 Å². The van der Waals surface area contributed by atoms with E-state index in [-0.39, 0.29) is 22.4 Å². The minimum absolute atomic E-state index is 0.00184. The molecule has 2 nitrogen and oxygen atoms in total. The molecule has 1 aliphatic carbocycles. The molecule has 1 aromatic heterocycles. The molecule has 1 aromatic carbocycles. The van der Waals surface area contributed by atoms with Crippen molar-refractivity contribution in [1.82, 2.24) is 4.57 Å². The zero-order chi connectivity index (χ0) is 15.0. The smallest absolute Gasteiger partial charge is 0.164 e. The van der Waals surface area contributed by atoms with Crippen molar-refractivity contribution in [3.05, 3.63) is 57.3 Å². The molecule has 110 valence electrons. The minimum atomic E-state index is -0.592. The monoisotopic (exact) mass is 353 g/mol. The van der Waals surface area contributed by atoms with E-state index in [0.29, 0.717) is 12.0 Å². The Balaban J connectivity index is 1.95.